The van der Waals surface area contributed by atoms with Gasteiger partial charge in [0.15, 0.2) is 0 Å². The van der Waals surface area contributed by atoms with E-state index in [9.17, 15) is 0 Å². The number of aromatic nitrogens is 2. The van der Waals surface area contributed by atoms with E-state index in [1.807, 2.05) is 6.07 Å². The van der Waals surface area contributed by atoms with E-state index in [4.69, 9.17) is 4.98 Å². The van der Waals surface area contributed by atoms with Crippen molar-refractivity contribution in [2.75, 3.05) is 14.1 Å². The zero-order chi connectivity index (χ0) is 11.5. The van der Waals surface area contributed by atoms with Gasteiger partial charge in [-0.2, -0.15) is 0 Å². The first kappa shape index (κ1) is 14.0. The van der Waals surface area contributed by atoms with Gasteiger partial charge in [-0.25, -0.2) is 4.98 Å². The van der Waals surface area contributed by atoms with Gasteiger partial charge in [0.25, 0.3) is 0 Å². The van der Waals surface area contributed by atoms with Crippen molar-refractivity contribution in [3.05, 3.63) is 30.1 Å². The first-order valence-electron chi connectivity index (χ1n) is 5.81. The first-order chi connectivity index (χ1) is 7.72. The summed E-state index contributed by atoms with van der Waals surface area (Å²) in [6.07, 6.45) is 1.14. The molecular weight excluding hydrogens is 234 g/mol. The molecule has 0 N–H and O–H groups in total. The van der Waals surface area contributed by atoms with Gasteiger partial charge in [-0.15, -0.1) is 12.4 Å². The molecule has 3 nitrogen and oxygen atoms in total. The standard InChI is InChI=1S/C13H19N3.ClH/c1-4-9-16-12-8-6-5-7-11(12)14-13(16)10-15(2)3;/h5-8H,4,9-10H2,1-3H3;1H. The predicted octanol–water partition coefficient (Wildman–Crippen LogP) is 2.93. The zero-order valence-electron chi connectivity index (χ0n) is 10.7. The molecule has 0 fully saturated rings. The van der Waals surface area contributed by atoms with Crippen LogP contribution >= 0.6 is 12.4 Å². The first-order valence-corrected chi connectivity index (χ1v) is 5.81. The van der Waals surface area contributed by atoms with Crippen LogP contribution in [0.25, 0.3) is 11.0 Å². The van der Waals surface area contributed by atoms with E-state index in [-0.39, 0.29) is 12.4 Å². The maximum atomic E-state index is 4.69. The monoisotopic (exact) mass is 253 g/mol. The van der Waals surface area contributed by atoms with Crippen LogP contribution in [0.3, 0.4) is 0 Å². The lowest BCUT2D eigenvalue weighted by atomic mass is 10.3. The Kier molecular flexibility index (Phi) is 4.97. The third-order valence-electron chi connectivity index (χ3n) is 2.64. The number of hydrogen-bond donors (Lipinski definition) is 0. The van der Waals surface area contributed by atoms with Gasteiger partial charge in [-0.1, -0.05) is 19.1 Å². The van der Waals surface area contributed by atoms with E-state index < -0.39 is 0 Å². The topological polar surface area (TPSA) is 21.1 Å². The fourth-order valence-electron chi connectivity index (χ4n) is 2.00. The Labute approximate surface area is 109 Å². The van der Waals surface area contributed by atoms with E-state index in [1.165, 1.54) is 5.52 Å². The molecule has 0 bridgehead atoms. The van der Waals surface area contributed by atoms with Gasteiger partial charge in [-0.3, -0.25) is 0 Å². The minimum atomic E-state index is 0. The maximum absolute atomic E-state index is 4.69. The highest BCUT2D eigenvalue weighted by molar-refractivity contribution is 5.85. The molecule has 0 atom stereocenters. The number of fused-ring (bicyclic) bond motifs is 1. The van der Waals surface area contributed by atoms with Crippen LogP contribution in [0.4, 0.5) is 0 Å². The molecular formula is C13H20ClN3. The maximum Gasteiger partial charge on any atom is 0.124 e. The molecule has 1 aromatic heterocycles. The minimum Gasteiger partial charge on any atom is -0.327 e. The molecule has 0 spiro atoms. The summed E-state index contributed by atoms with van der Waals surface area (Å²) in [5.41, 5.74) is 2.36. The highest BCUT2D eigenvalue weighted by Gasteiger charge is 2.09. The van der Waals surface area contributed by atoms with E-state index in [2.05, 4.69) is 48.7 Å². The zero-order valence-corrected chi connectivity index (χ0v) is 11.5. The Bertz CT molecular complexity index is 476. The lowest BCUT2D eigenvalue weighted by molar-refractivity contribution is 0.381. The summed E-state index contributed by atoms with van der Waals surface area (Å²) in [4.78, 5) is 6.85. The largest absolute Gasteiger partial charge is 0.327 e. The quantitative estimate of drug-likeness (QED) is 0.836. The molecule has 0 aliphatic rings. The van der Waals surface area contributed by atoms with Gasteiger partial charge in [0.2, 0.25) is 0 Å². The number of para-hydroxylation sites is 2. The molecule has 4 heteroatoms. The summed E-state index contributed by atoms with van der Waals surface area (Å²) < 4.78 is 2.33. The molecule has 17 heavy (non-hydrogen) atoms. The Morgan fingerprint density at radius 1 is 1.24 bits per heavy atom. The summed E-state index contributed by atoms with van der Waals surface area (Å²) in [5, 5.41) is 0. The SMILES string of the molecule is CCCn1c(CN(C)C)nc2ccccc21.Cl. The van der Waals surface area contributed by atoms with Gasteiger partial charge >= 0.3 is 0 Å². The van der Waals surface area contributed by atoms with Crippen molar-refractivity contribution < 1.29 is 0 Å². The Morgan fingerprint density at radius 2 is 1.94 bits per heavy atom. The minimum absolute atomic E-state index is 0. The van der Waals surface area contributed by atoms with Gasteiger partial charge in [0.05, 0.1) is 17.6 Å². The van der Waals surface area contributed by atoms with Crippen molar-refractivity contribution in [1.29, 1.82) is 0 Å². The Hall–Kier alpha value is -1.06. The smallest absolute Gasteiger partial charge is 0.124 e. The molecule has 2 aromatic rings. The van der Waals surface area contributed by atoms with E-state index in [0.29, 0.717) is 0 Å². The predicted molar refractivity (Wildman–Crippen MR) is 74.7 cm³/mol. The van der Waals surface area contributed by atoms with Crippen LogP contribution in [-0.2, 0) is 13.1 Å². The van der Waals surface area contributed by atoms with Crippen LogP contribution < -0.4 is 0 Å². The van der Waals surface area contributed by atoms with E-state index in [0.717, 1.165) is 30.9 Å². The molecule has 0 radical (unpaired) electrons. The second-order valence-corrected chi connectivity index (χ2v) is 4.41. The Balaban J connectivity index is 0.00000144. The molecule has 94 valence electrons. The van der Waals surface area contributed by atoms with Gasteiger partial charge in [0.1, 0.15) is 5.82 Å². The highest BCUT2D eigenvalue weighted by Crippen LogP contribution is 2.17. The lowest BCUT2D eigenvalue weighted by Gasteiger charge is -2.11. The van der Waals surface area contributed by atoms with Crippen molar-refractivity contribution in [3.8, 4) is 0 Å². The van der Waals surface area contributed by atoms with E-state index >= 15 is 0 Å². The molecule has 0 saturated carbocycles. The molecule has 0 unspecified atom stereocenters. The molecule has 0 aliphatic heterocycles. The second kappa shape index (κ2) is 6.03. The molecule has 2 rings (SSSR count). The van der Waals surface area contributed by atoms with Crippen LogP contribution in [0.1, 0.15) is 19.2 Å². The van der Waals surface area contributed by atoms with Crippen molar-refractivity contribution in [2.45, 2.75) is 26.4 Å². The summed E-state index contributed by atoms with van der Waals surface area (Å²) in [6.45, 7) is 4.15. The number of halogens is 1. The number of benzene rings is 1. The van der Waals surface area contributed by atoms with Crippen LogP contribution in [-0.4, -0.2) is 28.5 Å². The third-order valence-corrected chi connectivity index (χ3v) is 2.64. The average molecular weight is 254 g/mol. The summed E-state index contributed by atoms with van der Waals surface area (Å²) in [6, 6.07) is 8.36. The van der Waals surface area contributed by atoms with Gasteiger partial charge < -0.3 is 9.47 Å². The van der Waals surface area contributed by atoms with Crippen LogP contribution in [0.15, 0.2) is 24.3 Å². The number of rotatable bonds is 4. The molecule has 1 aromatic carbocycles. The van der Waals surface area contributed by atoms with Crippen LogP contribution in [0.5, 0.6) is 0 Å². The fraction of sp³-hybridized carbons (Fsp3) is 0.462. The molecule has 0 amide bonds. The van der Waals surface area contributed by atoms with Crippen molar-refractivity contribution in [1.82, 2.24) is 14.5 Å². The summed E-state index contributed by atoms with van der Waals surface area (Å²) >= 11 is 0. The van der Waals surface area contributed by atoms with Gasteiger partial charge in [0, 0.05) is 6.54 Å². The van der Waals surface area contributed by atoms with Crippen LogP contribution in [0.2, 0.25) is 0 Å². The summed E-state index contributed by atoms with van der Waals surface area (Å²) in [5.74, 6) is 1.16. The number of hydrogen-bond acceptors (Lipinski definition) is 2. The van der Waals surface area contributed by atoms with Crippen molar-refractivity contribution in [2.24, 2.45) is 0 Å². The molecule has 0 aliphatic carbocycles. The number of imidazole rings is 1. The number of aryl methyl sites for hydroxylation is 1. The number of nitrogens with zero attached hydrogens (tertiary/aromatic N) is 3. The molecule has 0 saturated heterocycles. The third kappa shape index (κ3) is 2.99. The second-order valence-electron chi connectivity index (χ2n) is 4.41. The average Bonchev–Trinajstić information content (AvgIpc) is 2.57. The highest BCUT2D eigenvalue weighted by atomic mass is 35.5. The van der Waals surface area contributed by atoms with E-state index in [1.54, 1.807) is 0 Å². The van der Waals surface area contributed by atoms with Gasteiger partial charge in [-0.05, 0) is 32.6 Å². The van der Waals surface area contributed by atoms with Crippen molar-refractivity contribution in [3.63, 3.8) is 0 Å². The van der Waals surface area contributed by atoms with Crippen LogP contribution in [0, 0.1) is 0 Å². The fourth-order valence-corrected chi connectivity index (χ4v) is 2.00. The summed E-state index contributed by atoms with van der Waals surface area (Å²) in [7, 11) is 4.16. The normalized spacial score (nSPS) is 10.8. The van der Waals surface area contributed by atoms with Crippen molar-refractivity contribution >= 4 is 23.4 Å². The Morgan fingerprint density at radius 3 is 2.59 bits per heavy atom. The molecule has 1 heterocycles. The lowest BCUT2D eigenvalue weighted by Crippen LogP contribution is -2.15.